The van der Waals surface area contributed by atoms with E-state index in [9.17, 15) is 14.7 Å². The van der Waals surface area contributed by atoms with Gasteiger partial charge in [0.2, 0.25) is 12.7 Å². The van der Waals surface area contributed by atoms with Gasteiger partial charge in [-0.3, -0.25) is 19.4 Å². The standard InChI is InChI=1S/C23H20N4O5/c1-2-10-26-22(29)20(21(28)24-23(26)30)16-12-17(27(25-16)15-6-4-3-5-7-15)14-8-9-18-19(11-14)32-13-31-18/h2-9,11,17,29H,1,10,12-13H2,(H,24,28,30). The number of nitrogens with one attached hydrogen (secondary N) is 1. The van der Waals surface area contributed by atoms with Gasteiger partial charge in [0.05, 0.1) is 17.4 Å². The predicted octanol–water partition coefficient (Wildman–Crippen LogP) is 2.51. The quantitative estimate of drug-likeness (QED) is 0.600. The van der Waals surface area contributed by atoms with Crippen molar-refractivity contribution in [1.29, 1.82) is 0 Å². The Bertz CT molecular complexity index is 1340. The third kappa shape index (κ3) is 3.24. The fourth-order valence-corrected chi connectivity index (χ4v) is 3.98. The van der Waals surface area contributed by atoms with Crippen molar-refractivity contribution < 1.29 is 14.6 Å². The van der Waals surface area contributed by atoms with E-state index in [0.717, 1.165) is 15.8 Å². The molecule has 9 nitrogen and oxygen atoms in total. The lowest BCUT2D eigenvalue weighted by Gasteiger charge is -2.24. The first-order valence-electron chi connectivity index (χ1n) is 10.1. The van der Waals surface area contributed by atoms with Crippen LogP contribution < -0.4 is 25.7 Å². The zero-order valence-corrected chi connectivity index (χ0v) is 17.0. The average Bonchev–Trinajstić information content (AvgIpc) is 3.44. The summed E-state index contributed by atoms with van der Waals surface area (Å²) in [6.07, 6.45) is 1.79. The Labute approximate surface area is 182 Å². The lowest BCUT2D eigenvalue weighted by atomic mass is 9.98. The number of anilines is 1. The van der Waals surface area contributed by atoms with Gasteiger partial charge in [0.1, 0.15) is 5.56 Å². The number of aromatic amines is 1. The Balaban J connectivity index is 1.62. The van der Waals surface area contributed by atoms with Gasteiger partial charge in [-0.05, 0) is 29.8 Å². The van der Waals surface area contributed by atoms with Gasteiger partial charge in [0, 0.05) is 13.0 Å². The Morgan fingerprint density at radius 2 is 1.94 bits per heavy atom. The molecule has 2 aliphatic rings. The number of rotatable bonds is 5. The Morgan fingerprint density at radius 1 is 1.16 bits per heavy atom. The first-order chi connectivity index (χ1) is 15.6. The molecule has 0 saturated heterocycles. The van der Waals surface area contributed by atoms with Crippen LogP contribution in [-0.2, 0) is 6.54 Å². The highest BCUT2D eigenvalue weighted by Crippen LogP contribution is 2.41. The number of benzene rings is 2. The molecule has 2 N–H and O–H groups in total. The van der Waals surface area contributed by atoms with E-state index < -0.39 is 17.1 Å². The van der Waals surface area contributed by atoms with E-state index in [1.165, 1.54) is 6.08 Å². The van der Waals surface area contributed by atoms with Crippen LogP contribution in [0.1, 0.15) is 23.6 Å². The van der Waals surface area contributed by atoms with Gasteiger partial charge >= 0.3 is 5.69 Å². The van der Waals surface area contributed by atoms with E-state index in [2.05, 4.69) is 16.7 Å². The van der Waals surface area contributed by atoms with Gasteiger partial charge in [-0.15, -0.1) is 6.58 Å². The number of ether oxygens (including phenoxy) is 2. The summed E-state index contributed by atoms with van der Waals surface area (Å²) in [4.78, 5) is 27.0. The van der Waals surface area contributed by atoms with Crippen LogP contribution in [0.25, 0.3) is 0 Å². The second-order valence-corrected chi connectivity index (χ2v) is 7.42. The molecule has 2 aromatic carbocycles. The Hall–Kier alpha value is -4.27. The highest BCUT2D eigenvalue weighted by molar-refractivity contribution is 6.04. The number of fused-ring (bicyclic) bond motifs is 1. The molecule has 1 aromatic heterocycles. The normalized spacial score (nSPS) is 16.8. The number of hydrogen-bond donors (Lipinski definition) is 2. The van der Waals surface area contributed by atoms with Crippen LogP contribution in [0.2, 0.25) is 0 Å². The van der Waals surface area contributed by atoms with Gasteiger partial charge in [0.15, 0.2) is 11.5 Å². The smallest absolute Gasteiger partial charge is 0.331 e. The van der Waals surface area contributed by atoms with Crippen LogP contribution >= 0.6 is 0 Å². The van der Waals surface area contributed by atoms with E-state index >= 15 is 0 Å². The fraction of sp³-hybridized carbons (Fsp3) is 0.174. The topological polar surface area (TPSA) is 109 Å². The number of hydrazone groups is 1. The number of para-hydroxylation sites is 1. The van der Waals surface area contributed by atoms with Gasteiger partial charge in [-0.25, -0.2) is 4.79 Å². The van der Waals surface area contributed by atoms with E-state index in [1.54, 1.807) is 5.01 Å². The number of H-pyrrole nitrogens is 1. The summed E-state index contributed by atoms with van der Waals surface area (Å²) >= 11 is 0. The molecule has 0 saturated carbocycles. The van der Waals surface area contributed by atoms with Gasteiger partial charge < -0.3 is 14.6 Å². The number of aromatic nitrogens is 2. The first-order valence-corrected chi connectivity index (χ1v) is 10.1. The molecule has 162 valence electrons. The van der Waals surface area contributed by atoms with E-state index in [-0.39, 0.29) is 24.9 Å². The fourth-order valence-electron chi connectivity index (χ4n) is 3.98. The summed E-state index contributed by atoms with van der Waals surface area (Å²) < 4.78 is 12.0. The van der Waals surface area contributed by atoms with Crippen LogP contribution in [0.5, 0.6) is 17.4 Å². The number of hydrogen-bond acceptors (Lipinski definition) is 7. The molecule has 5 rings (SSSR count). The minimum atomic E-state index is -0.706. The maximum absolute atomic E-state index is 12.7. The van der Waals surface area contributed by atoms with E-state index in [4.69, 9.17) is 9.47 Å². The largest absolute Gasteiger partial charge is 0.494 e. The van der Waals surface area contributed by atoms with Crippen molar-refractivity contribution in [1.82, 2.24) is 9.55 Å². The lowest BCUT2D eigenvalue weighted by molar-refractivity contribution is 0.174. The summed E-state index contributed by atoms with van der Waals surface area (Å²) in [5.74, 6) is 0.880. The molecule has 0 amide bonds. The molecule has 0 spiro atoms. The van der Waals surface area contributed by atoms with Crippen molar-refractivity contribution in [2.45, 2.75) is 19.0 Å². The molecule has 0 bridgehead atoms. The minimum absolute atomic E-state index is 0.0318. The highest BCUT2D eigenvalue weighted by atomic mass is 16.7. The lowest BCUT2D eigenvalue weighted by Crippen LogP contribution is -2.33. The SMILES string of the molecule is C=CCn1c(O)c(C2=NN(c3ccccc3)C(c3ccc4c(c3)OCO4)C2)c(=O)[nH]c1=O. The van der Waals surface area contributed by atoms with Crippen molar-refractivity contribution >= 4 is 11.4 Å². The number of allylic oxidation sites excluding steroid dienone is 1. The molecule has 0 radical (unpaired) electrons. The monoisotopic (exact) mass is 432 g/mol. The van der Waals surface area contributed by atoms with Crippen LogP contribution in [-0.4, -0.2) is 27.2 Å². The first kappa shape index (κ1) is 19.7. The third-order valence-corrected chi connectivity index (χ3v) is 5.48. The van der Waals surface area contributed by atoms with E-state index in [0.29, 0.717) is 23.6 Å². The second-order valence-electron chi connectivity index (χ2n) is 7.42. The summed E-state index contributed by atoms with van der Waals surface area (Å²) in [5, 5.41) is 17.2. The maximum atomic E-state index is 12.7. The highest BCUT2D eigenvalue weighted by Gasteiger charge is 2.34. The van der Waals surface area contributed by atoms with Gasteiger partial charge in [-0.2, -0.15) is 5.10 Å². The van der Waals surface area contributed by atoms with Crippen LogP contribution in [0, 0.1) is 0 Å². The Morgan fingerprint density at radius 3 is 2.72 bits per heavy atom. The van der Waals surface area contributed by atoms with Crippen LogP contribution in [0.4, 0.5) is 5.69 Å². The molecule has 3 aromatic rings. The molecule has 1 atom stereocenters. The van der Waals surface area contributed by atoms with Crippen LogP contribution in [0.15, 0.2) is 75.9 Å². The summed E-state index contributed by atoms with van der Waals surface area (Å²) in [5.41, 5.74) is 0.671. The Kier molecular flexibility index (Phi) is 4.78. The molecule has 0 fully saturated rings. The molecule has 1 unspecified atom stereocenters. The summed E-state index contributed by atoms with van der Waals surface area (Å²) in [6, 6.07) is 14.9. The summed E-state index contributed by atoms with van der Waals surface area (Å²) in [7, 11) is 0. The average molecular weight is 432 g/mol. The molecular weight excluding hydrogens is 412 g/mol. The van der Waals surface area contributed by atoms with Crippen molar-refractivity contribution in [3.63, 3.8) is 0 Å². The zero-order chi connectivity index (χ0) is 22.2. The molecule has 3 heterocycles. The van der Waals surface area contributed by atoms with E-state index in [1.807, 2.05) is 48.5 Å². The van der Waals surface area contributed by atoms with Crippen molar-refractivity contribution in [3.05, 3.63) is 93.2 Å². The second kappa shape index (κ2) is 7.77. The molecule has 32 heavy (non-hydrogen) atoms. The summed E-state index contributed by atoms with van der Waals surface area (Å²) in [6.45, 7) is 3.82. The third-order valence-electron chi connectivity index (χ3n) is 5.48. The van der Waals surface area contributed by atoms with Crippen molar-refractivity contribution in [3.8, 4) is 17.4 Å². The van der Waals surface area contributed by atoms with Crippen LogP contribution in [0.3, 0.4) is 0 Å². The van der Waals surface area contributed by atoms with Crippen molar-refractivity contribution in [2.75, 3.05) is 11.8 Å². The maximum Gasteiger partial charge on any atom is 0.331 e. The molecule has 9 heteroatoms. The molecular formula is C23H20N4O5. The minimum Gasteiger partial charge on any atom is -0.494 e. The van der Waals surface area contributed by atoms with Gasteiger partial charge in [-0.1, -0.05) is 30.3 Å². The molecule has 0 aliphatic carbocycles. The number of aromatic hydroxyl groups is 1. The molecule has 2 aliphatic heterocycles. The van der Waals surface area contributed by atoms with Crippen molar-refractivity contribution in [2.24, 2.45) is 5.10 Å². The zero-order valence-electron chi connectivity index (χ0n) is 17.0. The predicted molar refractivity (Wildman–Crippen MR) is 119 cm³/mol. The van der Waals surface area contributed by atoms with Gasteiger partial charge in [0.25, 0.3) is 5.56 Å². The number of nitrogens with zero attached hydrogens (tertiary/aromatic N) is 3.